The van der Waals surface area contributed by atoms with Crippen molar-refractivity contribution in [1.29, 1.82) is 0 Å². The highest BCUT2D eigenvalue weighted by molar-refractivity contribution is 5.90. The van der Waals surface area contributed by atoms with Crippen molar-refractivity contribution in [2.75, 3.05) is 5.73 Å². The van der Waals surface area contributed by atoms with Crippen LogP contribution in [0, 0.1) is 0 Å². The lowest BCUT2D eigenvalue weighted by molar-refractivity contribution is 0.0664. The van der Waals surface area contributed by atoms with E-state index in [1.165, 1.54) is 0 Å². The van der Waals surface area contributed by atoms with Crippen LogP contribution in [-0.2, 0) is 4.74 Å². The first-order valence-electron chi connectivity index (χ1n) is 3.41. The van der Waals surface area contributed by atoms with Crippen LogP contribution in [0.4, 0.5) is 5.69 Å². The summed E-state index contributed by atoms with van der Waals surface area (Å²) in [4.78, 5) is 11.0. The molecule has 0 heterocycles. The van der Waals surface area contributed by atoms with Crippen molar-refractivity contribution in [3.05, 3.63) is 42.7 Å². The molecule has 2 N–H and O–H groups in total. The molecule has 0 aliphatic heterocycles. The fourth-order valence-electron chi connectivity index (χ4n) is 0.809. The zero-order valence-electron chi connectivity index (χ0n) is 6.49. The minimum atomic E-state index is -0.447. The van der Waals surface area contributed by atoms with E-state index < -0.39 is 5.97 Å². The van der Waals surface area contributed by atoms with Crippen molar-refractivity contribution in [2.24, 2.45) is 0 Å². The third-order valence-electron chi connectivity index (χ3n) is 1.31. The van der Waals surface area contributed by atoms with Crippen molar-refractivity contribution >= 4 is 11.7 Å². The Hall–Kier alpha value is -1.77. The molecule has 0 radical (unpaired) electrons. The predicted octanol–water partition coefficient (Wildman–Crippen LogP) is 1.57. The Kier molecular flexibility index (Phi) is 2.48. The van der Waals surface area contributed by atoms with Gasteiger partial charge in [0.25, 0.3) is 0 Å². The van der Waals surface area contributed by atoms with Crippen molar-refractivity contribution in [3.63, 3.8) is 0 Å². The average Bonchev–Trinajstić information content (AvgIpc) is 2.05. The molecule has 12 heavy (non-hydrogen) atoms. The maximum Gasteiger partial charge on any atom is 0.342 e. The van der Waals surface area contributed by atoms with E-state index in [9.17, 15) is 4.79 Å². The topological polar surface area (TPSA) is 52.3 Å². The highest BCUT2D eigenvalue weighted by Crippen LogP contribution is 2.07. The maximum absolute atomic E-state index is 11.0. The zero-order chi connectivity index (χ0) is 8.97. The van der Waals surface area contributed by atoms with Gasteiger partial charge < -0.3 is 10.5 Å². The molecular formula is C9H9NO2. The van der Waals surface area contributed by atoms with Gasteiger partial charge in [-0.25, -0.2) is 4.79 Å². The molecule has 1 rings (SSSR count). The molecule has 0 unspecified atom stereocenters. The fourth-order valence-corrected chi connectivity index (χ4v) is 0.809. The molecule has 0 bridgehead atoms. The average molecular weight is 163 g/mol. The first kappa shape index (κ1) is 8.33. The third kappa shape index (κ3) is 1.85. The van der Waals surface area contributed by atoms with Gasteiger partial charge in [0.1, 0.15) is 0 Å². The van der Waals surface area contributed by atoms with E-state index in [1.807, 2.05) is 0 Å². The predicted molar refractivity (Wildman–Crippen MR) is 46.5 cm³/mol. The van der Waals surface area contributed by atoms with E-state index in [0.29, 0.717) is 11.3 Å². The summed E-state index contributed by atoms with van der Waals surface area (Å²) in [5.74, 6) is -0.447. The Morgan fingerprint density at radius 1 is 1.58 bits per heavy atom. The van der Waals surface area contributed by atoms with Crippen LogP contribution < -0.4 is 5.73 Å². The summed E-state index contributed by atoms with van der Waals surface area (Å²) in [6.07, 6.45) is 1.09. The monoisotopic (exact) mass is 163 g/mol. The van der Waals surface area contributed by atoms with Crippen molar-refractivity contribution in [2.45, 2.75) is 0 Å². The lowest BCUT2D eigenvalue weighted by Crippen LogP contribution is -2.00. The van der Waals surface area contributed by atoms with E-state index in [-0.39, 0.29) is 0 Å². The van der Waals surface area contributed by atoms with E-state index in [0.717, 1.165) is 6.26 Å². The van der Waals surface area contributed by atoms with Crippen molar-refractivity contribution < 1.29 is 9.53 Å². The third-order valence-corrected chi connectivity index (χ3v) is 1.31. The van der Waals surface area contributed by atoms with Gasteiger partial charge in [-0.15, -0.1) is 0 Å². The number of carbonyl (C=O) groups excluding carboxylic acids is 1. The van der Waals surface area contributed by atoms with Crippen LogP contribution >= 0.6 is 0 Å². The lowest BCUT2D eigenvalue weighted by atomic mass is 10.2. The van der Waals surface area contributed by atoms with Gasteiger partial charge in [0.2, 0.25) is 0 Å². The summed E-state index contributed by atoms with van der Waals surface area (Å²) in [5.41, 5.74) is 6.42. The second-order valence-electron chi connectivity index (χ2n) is 2.20. The minimum Gasteiger partial charge on any atom is -0.432 e. The summed E-state index contributed by atoms with van der Waals surface area (Å²) in [7, 11) is 0. The van der Waals surface area contributed by atoms with Crippen LogP contribution in [0.2, 0.25) is 0 Å². The van der Waals surface area contributed by atoms with Gasteiger partial charge in [-0.3, -0.25) is 0 Å². The molecule has 1 aromatic rings. The summed E-state index contributed by atoms with van der Waals surface area (Å²) >= 11 is 0. The normalized spacial score (nSPS) is 9.00. The molecule has 0 saturated carbocycles. The standard InChI is InChI=1S/C9H9NO2/c1-2-12-9(11)7-4-3-5-8(10)6-7/h2-6H,1,10H2. The first-order valence-corrected chi connectivity index (χ1v) is 3.41. The van der Waals surface area contributed by atoms with E-state index in [2.05, 4.69) is 11.3 Å². The molecule has 3 heteroatoms. The summed E-state index contributed by atoms with van der Waals surface area (Å²) in [5, 5.41) is 0. The molecule has 62 valence electrons. The number of esters is 1. The maximum atomic E-state index is 11.0. The van der Waals surface area contributed by atoms with Gasteiger partial charge in [0.05, 0.1) is 11.8 Å². The molecule has 0 aromatic heterocycles. The highest BCUT2D eigenvalue weighted by atomic mass is 16.5. The van der Waals surface area contributed by atoms with Crippen LogP contribution in [-0.4, -0.2) is 5.97 Å². The van der Waals surface area contributed by atoms with E-state index >= 15 is 0 Å². The molecule has 0 saturated heterocycles. The largest absolute Gasteiger partial charge is 0.432 e. The smallest absolute Gasteiger partial charge is 0.342 e. The molecular weight excluding hydrogens is 154 g/mol. The van der Waals surface area contributed by atoms with Gasteiger partial charge in [-0.05, 0) is 18.2 Å². The van der Waals surface area contributed by atoms with Gasteiger partial charge >= 0.3 is 5.97 Å². The van der Waals surface area contributed by atoms with Crippen LogP contribution in [0.3, 0.4) is 0 Å². The van der Waals surface area contributed by atoms with E-state index in [4.69, 9.17) is 5.73 Å². The number of nitrogen functional groups attached to an aromatic ring is 1. The summed E-state index contributed by atoms with van der Waals surface area (Å²) in [6, 6.07) is 6.56. The molecule has 0 fully saturated rings. The second kappa shape index (κ2) is 3.57. The highest BCUT2D eigenvalue weighted by Gasteiger charge is 2.04. The summed E-state index contributed by atoms with van der Waals surface area (Å²) < 4.78 is 4.55. The summed E-state index contributed by atoms with van der Waals surface area (Å²) in [6.45, 7) is 3.27. The number of hydrogen-bond donors (Lipinski definition) is 1. The molecule has 0 amide bonds. The zero-order valence-corrected chi connectivity index (χ0v) is 6.49. The SMILES string of the molecule is C=COC(=O)c1cccc(N)c1. The number of nitrogens with two attached hydrogens (primary N) is 1. The number of rotatable bonds is 2. The van der Waals surface area contributed by atoms with Crippen molar-refractivity contribution in [3.8, 4) is 0 Å². The molecule has 0 aliphatic rings. The molecule has 0 spiro atoms. The van der Waals surface area contributed by atoms with Crippen LogP contribution in [0.25, 0.3) is 0 Å². The van der Waals surface area contributed by atoms with Gasteiger partial charge in [-0.2, -0.15) is 0 Å². The Morgan fingerprint density at radius 2 is 2.33 bits per heavy atom. The number of ether oxygens (including phenoxy) is 1. The van der Waals surface area contributed by atoms with Crippen molar-refractivity contribution in [1.82, 2.24) is 0 Å². The molecule has 1 aromatic carbocycles. The molecule has 0 aliphatic carbocycles. The number of carbonyl (C=O) groups is 1. The molecule has 3 nitrogen and oxygen atoms in total. The number of anilines is 1. The van der Waals surface area contributed by atoms with Crippen LogP contribution in [0.5, 0.6) is 0 Å². The van der Waals surface area contributed by atoms with Gasteiger partial charge in [0, 0.05) is 5.69 Å². The quantitative estimate of drug-likeness (QED) is 0.409. The number of hydrogen-bond acceptors (Lipinski definition) is 3. The first-order chi connectivity index (χ1) is 5.74. The Labute approximate surface area is 70.5 Å². The Balaban J connectivity index is 2.87. The Morgan fingerprint density at radius 3 is 2.92 bits per heavy atom. The minimum absolute atomic E-state index is 0.426. The Bertz CT molecular complexity index is 307. The van der Waals surface area contributed by atoms with Crippen LogP contribution in [0.1, 0.15) is 10.4 Å². The van der Waals surface area contributed by atoms with Gasteiger partial charge in [0.15, 0.2) is 0 Å². The number of benzene rings is 1. The van der Waals surface area contributed by atoms with E-state index in [1.54, 1.807) is 24.3 Å². The second-order valence-corrected chi connectivity index (χ2v) is 2.20. The molecule has 0 atom stereocenters. The lowest BCUT2D eigenvalue weighted by Gasteiger charge is -1.98. The van der Waals surface area contributed by atoms with Crippen LogP contribution in [0.15, 0.2) is 37.1 Å². The fraction of sp³-hybridized carbons (Fsp3) is 0. The van der Waals surface area contributed by atoms with Gasteiger partial charge in [-0.1, -0.05) is 12.6 Å².